The molecule has 0 aliphatic carbocycles. The van der Waals surface area contributed by atoms with Gasteiger partial charge in [-0.2, -0.15) is 0 Å². The van der Waals surface area contributed by atoms with Gasteiger partial charge in [-0.1, -0.05) is 6.92 Å². The lowest BCUT2D eigenvalue weighted by atomic mass is 10.2. The summed E-state index contributed by atoms with van der Waals surface area (Å²) >= 11 is 0. The Morgan fingerprint density at radius 1 is 1.00 bits per heavy atom. The molecule has 3 rings (SSSR count). The van der Waals surface area contributed by atoms with E-state index in [1.165, 1.54) is 25.4 Å². The zero-order valence-corrected chi connectivity index (χ0v) is 18.8. The fourth-order valence-corrected chi connectivity index (χ4v) is 3.72. The molecule has 0 aliphatic heterocycles. The molecule has 1 heterocycles. The van der Waals surface area contributed by atoms with Crippen LogP contribution in [0.2, 0.25) is 0 Å². The molecule has 2 N–H and O–H groups in total. The van der Waals surface area contributed by atoms with Crippen molar-refractivity contribution in [1.29, 1.82) is 0 Å². The molecule has 1 atom stereocenters. The van der Waals surface area contributed by atoms with Crippen LogP contribution in [0, 0.1) is 0 Å². The predicted octanol–water partition coefficient (Wildman–Crippen LogP) is 4.21. The van der Waals surface area contributed by atoms with E-state index < -0.39 is 10.0 Å². The highest BCUT2D eigenvalue weighted by Crippen LogP contribution is 2.23. The van der Waals surface area contributed by atoms with Gasteiger partial charge in [-0.15, -0.1) is 0 Å². The number of ether oxygens (including phenoxy) is 2. The van der Waals surface area contributed by atoms with Crippen molar-refractivity contribution in [2.24, 2.45) is 0 Å². The van der Waals surface area contributed by atoms with Crippen molar-refractivity contribution in [2.45, 2.75) is 31.2 Å². The number of benzene rings is 2. The highest BCUT2D eigenvalue weighted by molar-refractivity contribution is 7.92. The number of nitrogens with one attached hydrogen (secondary N) is 2. The summed E-state index contributed by atoms with van der Waals surface area (Å²) in [5.41, 5.74) is 0.833. The molecule has 0 bridgehead atoms. The van der Waals surface area contributed by atoms with Crippen LogP contribution in [0.15, 0.2) is 71.8 Å². The first-order valence-electron chi connectivity index (χ1n) is 10.0. The molecule has 0 radical (unpaired) electrons. The van der Waals surface area contributed by atoms with Crippen LogP contribution in [0.3, 0.4) is 0 Å². The predicted molar refractivity (Wildman–Crippen MR) is 122 cm³/mol. The number of anilines is 1. The maximum absolute atomic E-state index is 12.5. The lowest BCUT2D eigenvalue weighted by molar-refractivity contribution is 0.0939. The highest BCUT2D eigenvalue weighted by Gasteiger charge is 2.15. The number of carbonyl (C=O) groups is 1. The van der Waals surface area contributed by atoms with Crippen LogP contribution in [-0.4, -0.2) is 32.5 Å². The molecule has 9 heteroatoms. The molecule has 2 aromatic carbocycles. The van der Waals surface area contributed by atoms with E-state index in [0.717, 1.165) is 6.42 Å². The lowest BCUT2D eigenvalue weighted by Crippen LogP contribution is -2.31. The molecule has 168 valence electrons. The Morgan fingerprint density at radius 3 is 2.22 bits per heavy atom. The van der Waals surface area contributed by atoms with Crippen molar-refractivity contribution < 1.29 is 22.7 Å². The monoisotopic (exact) mass is 455 g/mol. The number of rotatable bonds is 9. The van der Waals surface area contributed by atoms with Gasteiger partial charge in [-0.25, -0.2) is 13.4 Å². The number of amides is 1. The van der Waals surface area contributed by atoms with Gasteiger partial charge in [0.25, 0.3) is 15.9 Å². The smallest absolute Gasteiger partial charge is 0.261 e. The second kappa shape index (κ2) is 10.1. The molecular formula is C23H25N3O5S. The summed E-state index contributed by atoms with van der Waals surface area (Å²) in [4.78, 5) is 16.4. The summed E-state index contributed by atoms with van der Waals surface area (Å²) in [5, 5.41) is 2.90. The third-order valence-electron chi connectivity index (χ3n) is 4.69. The molecule has 3 aromatic rings. The van der Waals surface area contributed by atoms with Gasteiger partial charge in [0, 0.05) is 17.7 Å². The van der Waals surface area contributed by atoms with Gasteiger partial charge in [0.05, 0.1) is 23.9 Å². The molecule has 32 heavy (non-hydrogen) atoms. The summed E-state index contributed by atoms with van der Waals surface area (Å²) in [6.45, 7) is 3.95. The van der Waals surface area contributed by atoms with Crippen molar-refractivity contribution in [1.82, 2.24) is 10.3 Å². The van der Waals surface area contributed by atoms with E-state index >= 15 is 0 Å². The van der Waals surface area contributed by atoms with E-state index in [2.05, 4.69) is 15.0 Å². The normalized spacial score (nSPS) is 12.0. The van der Waals surface area contributed by atoms with Gasteiger partial charge >= 0.3 is 0 Å². The van der Waals surface area contributed by atoms with Crippen molar-refractivity contribution in [3.05, 3.63) is 72.4 Å². The summed E-state index contributed by atoms with van der Waals surface area (Å²) < 4.78 is 38.2. The maximum Gasteiger partial charge on any atom is 0.261 e. The van der Waals surface area contributed by atoms with E-state index in [9.17, 15) is 13.2 Å². The molecule has 1 aromatic heterocycles. The quantitative estimate of drug-likeness (QED) is 0.501. The van der Waals surface area contributed by atoms with Crippen LogP contribution >= 0.6 is 0 Å². The number of methoxy groups -OCH3 is 1. The second-order valence-corrected chi connectivity index (χ2v) is 8.76. The molecule has 0 aliphatic rings. The van der Waals surface area contributed by atoms with E-state index in [-0.39, 0.29) is 22.7 Å². The molecule has 1 unspecified atom stereocenters. The Labute approximate surface area is 187 Å². The Hall–Kier alpha value is -3.59. The summed E-state index contributed by atoms with van der Waals surface area (Å²) in [7, 11) is -2.25. The molecule has 0 fully saturated rings. The van der Waals surface area contributed by atoms with Crippen LogP contribution in [-0.2, 0) is 10.0 Å². The number of hydrogen-bond donors (Lipinski definition) is 2. The van der Waals surface area contributed by atoms with Crippen molar-refractivity contribution >= 4 is 21.6 Å². The second-order valence-electron chi connectivity index (χ2n) is 7.08. The third kappa shape index (κ3) is 5.98. The zero-order chi connectivity index (χ0) is 23.1. The van der Waals surface area contributed by atoms with Crippen LogP contribution in [0.4, 0.5) is 5.69 Å². The summed E-state index contributed by atoms with van der Waals surface area (Å²) in [6, 6.07) is 16.0. The SMILES string of the molecule is CCC(C)NC(=O)c1ccc(Oc2ccc(NS(=O)(=O)c3ccc(OC)cc3)cn2)cc1. The number of carbonyl (C=O) groups excluding carboxylic acids is 1. The Kier molecular flexibility index (Phi) is 7.32. The fraction of sp³-hybridized carbons (Fsp3) is 0.217. The Morgan fingerprint density at radius 2 is 1.66 bits per heavy atom. The zero-order valence-electron chi connectivity index (χ0n) is 18.0. The highest BCUT2D eigenvalue weighted by atomic mass is 32.2. The number of nitrogens with zero attached hydrogens (tertiary/aromatic N) is 1. The summed E-state index contributed by atoms with van der Waals surface area (Å²) in [5.74, 6) is 1.21. The number of aromatic nitrogens is 1. The summed E-state index contributed by atoms with van der Waals surface area (Å²) in [6.07, 6.45) is 2.22. The first kappa shape index (κ1) is 23.1. The van der Waals surface area contributed by atoms with Gasteiger partial charge in [0.2, 0.25) is 5.88 Å². The minimum atomic E-state index is -3.76. The molecular weight excluding hydrogens is 430 g/mol. The maximum atomic E-state index is 12.5. The number of pyridine rings is 1. The van der Waals surface area contributed by atoms with E-state index in [0.29, 0.717) is 22.7 Å². The van der Waals surface area contributed by atoms with Crippen LogP contribution < -0.4 is 19.5 Å². The van der Waals surface area contributed by atoms with Gasteiger partial charge in [-0.3, -0.25) is 9.52 Å². The van der Waals surface area contributed by atoms with Gasteiger partial charge in [0.15, 0.2) is 0 Å². The largest absolute Gasteiger partial charge is 0.497 e. The molecule has 0 spiro atoms. The van der Waals surface area contributed by atoms with Gasteiger partial charge < -0.3 is 14.8 Å². The third-order valence-corrected chi connectivity index (χ3v) is 6.08. The average molecular weight is 456 g/mol. The number of hydrogen-bond acceptors (Lipinski definition) is 6. The van der Waals surface area contributed by atoms with Crippen LogP contribution in [0.25, 0.3) is 0 Å². The van der Waals surface area contributed by atoms with Crippen molar-refractivity contribution in [3.63, 3.8) is 0 Å². The standard InChI is InChI=1S/C23H25N3O5S/c1-4-16(2)25-23(27)17-5-8-20(9-6-17)31-22-14-7-18(15-24-22)26-32(28,29)21-12-10-19(30-3)11-13-21/h5-16,26H,4H2,1-3H3,(H,25,27). The topological polar surface area (TPSA) is 107 Å². The van der Waals surface area contributed by atoms with E-state index in [1.807, 2.05) is 13.8 Å². The minimum absolute atomic E-state index is 0.100. The van der Waals surface area contributed by atoms with E-state index in [1.54, 1.807) is 48.5 Å². The van der Waals surface area contributed by atoms with Gasteiger partial charge in [-0.05, 0) is 67.9 Å². The van der Waals surface area contributed by atoms with Crippen molar-refractivity contribution in [3.8, 4) is 17.4 Å². The Bertz CT molecular complexity index is 1150. The van der Waals surface area contributed by atoms with E-state index in [4.69, 9.17) is 9.47 Å². The minimum Gasteiger partial charge on any atom is -0.497 e. The molecule has 0 saturated carbocycles. The Balaban J connectivity index is 1.62. The number of sulfonamides is 1. The fourth-order valence-electron chi connectivity index (χ4n) is 2.67. The average Bonchev–Trinajstić information content (AvgIpc) is 2.80. The lowest BCUT2D eigenvalue weighted by Gasteiger charge is -2.12. The van der Waals surface area contributed by atoms with Gasteiger partial charge in [0.1, 0.15) is 11.5 Å². The van der Waals surface area contributed by atoms with Crippen molar-refractivity contribution in [2.75, 3.05) is 11.8 Å². The van der Waals surface area contributed by atoms with Crippen LogP contribution in [0.1, 0.15) is 30.6 Å². The molecule has 0 saturated heterocycles. The molecule has 1 amide bonds. The van der Waals surface area contributed by atoms with Crippen LogP contribution in [0.5, 0.6) is 17.4 Å². The molecule has 8 nitrogen and oxygen atoms in total. The first-order chi connectivity index (χ1) is 15.3. The first-order valence-corrected chi connectivity index (χ1v) is 11.5.